The number of hydrogen-bond donors (Lipinski definition) is 1. The van der Waals surface area contributed by atoms with Crippen LogP contribution < -0.4 is 15.0 Å². The maximum absolute atomic E-state index is 12.7. The maximum atomic E-state index is 12.7. The van der Waals surface area contributed by atoms with Gasteiger partial charge in [0.1, 0.15) is 18.1 Å². The summed E-state index contributed by atoms with van der Waals surface area (Å²) in [6.07, 6.45) is 1.00. The van der Waals surface area contributed by atoms with Crippen LogP contribution in [0.4, 0.5) is 11.5 Å². The van der Waals surface area contributed by atoms with Crippen molar-refractivity contribution in [2.75, 3.05) is 16.8 Å². The number of rotatable bonds is 5. The van der Waals surface area contributed by atoms with Crippen LogP contribution in [0.25, 0.3) is 0 Å². The van der Waals surface area contributed by atoms with Gasteiger partial charge in [-0.15, -0.1) is 0 Å². The van der Waals surface area contributed by atoms with Crippen molar-refractivity contribution >= 4 is 23.3 Å². The number of ether oxygens (including phenoxy) is 1. The summed E-state index contributed by atoms with van der Waals surface area (Å²) in [4.78, 5) is 26.7. The monoisotopic (exact) mass is 376 g/mol. The minimum atomic E-state index is -0.633. The van der Waals surface area contributed by atoms with Gasteiger partial charge in [-0.25, -0.2) is 4.68 Å². The van der Waals surface area contributed by atoms with Gasteiger partial charge in [0, 0.05) is 6.07 Å². The zero-order chi connectivity index (χ0) is 19.5. The molecule has 2 amide bonds. The van der Waals surface area contributed by atoms with Crippen LogP contribution in [0.5, 0.6) is 5.75 Å². The number of para-hydroxylation sites is 2. The van der Waals surface area contributed by atoms with Crippen molar-refractivity contribution in [3.05, 3.63) is 72.4 Å². The zero-order valence-electron chi connectivity index (χ0n) is 15.4. The topological polar surface area (TPSA) is 76.5 Å². The van der Waals surface area contributed by atoms with Gasteiger partial charge in [0.05, 0.1) is 18.4 Å². The van der Waals surface area contributed by atoms with Gasteiger partial charge in [-0.2, -0.15) is 5.10 Å². The molecule has 1 atom stereocenters. The summed E-state index contributed by atoms with van der Waals surface area (Å²) in [5, 5.41) is 7.13. The smallest absolute Gasteiger partial charge is 0.268 e. The van der Waals surface area contributed by atoms with E-state index in [9.17, 15) is 9.59 Å². The fourth-order valence-electron chi connectivity index (χ4n) is 3.17. The van der Waals surface area contributed by atoms with E-state index in [-0.39, 0.29) is 18.4 Å². The number of nitrogens with one attached hydrogen (secondary N) is 1. The number of carbonyl (C=O) groups excluding carboxylic acids is 2. The fraction of sp³-hybridized carbons (Fsp3) is 0.190. The van der Waals surface area contributed by atoms with Crippen LogP contribution in [0.2, 0.25) is 0 Å². The summed E-state index contributed by atoms with van der Waals surface area (Å²) >= 11 is 0. The number of benzene rings is 2. The quantitative estimate of drug-likeness (QED) is 0.743. The molecule has 3 aromatic rings. The van der Waals surface area contributed by atoms with Gasteiger partial charge in [0.2, 0.25) is 5.91 Å². The first-order chi connectivity index (χ1) is 13.6. The highest BCUT2D eigenvalue weighted by atomic mass is 16.5. The van der Waals surface area contributed by atoms with E-state index in [4.69, 9.17) is 4.74 Å². The predicted molar refractivity (Wildman–Crippen MR) is 105 cm³/mol. The van der Waals surface area contributed by atoms with Gasteiger partial charge in [-0.3, -0.25) is 14.5 Å². The minimum Gasteiger partial charge on any atom is -0.479 e. The van der Waals surface area contributed by atoms with Crippen molar-refractivity contribution in [3.8, 4) is 5.75 Å². The molecule has 0 fully saturated rings. The lowest BCUT2D eigenvalue weighted by Gasteiger charge is -2.32. The molecule has 142 valence electrons. The van der Waals surface area contributed by atoms with Crippen molar-refractivity contribution in [2.45, 2.75) is 19.6 Å². The molecule has 0 radical (unpaired) electrons. The Kier molecular flexibility index (Phi) is 4.80. The van der Waals surface area contributed by atoms with Crippen LogP contribution in [0.1, 0.15) is 12.5 Å². The number of nitrogens with zero attached hydrogens (tertiary/aromatic N) is 3. The van der Waals surface area contributed by atoms with Crippen LogP contribution in [-0.2, 0) is 16.1 Å². The lowest BCUT2D eigenvalue weighted by atomic mass is 10.2. The van der Waals surface area contributed by atoms with E-state index >= 15 is 0 Å². The molecule has 0 bridgehead atoms. The molecule has 0 saturated heterocycles. The number of hydrogen-bond acceptors (Lipinski definition) is 4. The maximum Gasteiger partial charge on any atom is 0.268 e. The Labute approximate surface area is 162 Å². The molecule has 1 aromatic heterocycles. The third-order valence-electron chi connectivity index (χ3n) is 4.53. The molecular weight excluding hydrogens is 356 g/mol. The standard InChI is InChI=1S/C21H20N4O3/c1-15-21(27)24(17-9-5-6-10-18(17)28-15)14-20(26)23-19-11-12-22-25(19)13-16-7-3-2-4-8-16/h2-12,15H,13-14H2,1H3,(H,23,26). The Hall–Kier alpha value is -3.61. The van der Waals surface area contributed by atoms with Crippen LogP contribution in [-0.4, -0.2) is 34.2 Å². The van der Waals surface area contributed by atoms with Crippen molar-refractivity contribution in [1.29, 1.82) is 0 Å². The van der Waals surface area contributed by atoms with Gasteiger partial charge in [-0.1, -0.05) is 42.5 Å². The highest BCUT2D eigenvalue weighted by Gasteiger charge is 2.32. The fourth-order valence-corrected chi connectivity index (χ4v) is 3.17. The van der Waals surface area contributed by atoms with E-state index in [0.717, 1.165) is 5.56 Å². The van der Waals surface area contributed by atoms with Gasteiger partial charge in [-0.05, 0) is 24.6 Å². The second-order valence-electron chi connectivity index (χ2n) is 6.56. The summed E-state index contributed by atoms with van der Waals surface area (Å²) in [7, 11) is 0. The van der Waals surface area contributed by atoms with E-state index in [1.165, 1.54) is 4.90 Å². The van der Waals surface area contributed by atoms with Gasteiger partial charge in [0.15, 0.2) is 6.10 Å². The molecule has 2 aromatic carbocycles. The first-order valence-electron chi connectivity index (χ1n) is 9.04. The molecule has 0 saturated carbocycles. The Bertz CT molecular complexity index is 1000. The summed E-state index contributed by atoms with van der Waals surface area (Å²) < 4.78 is 7.32. The van der Waals surface area contributed by atoms with Crippen molar-refractivity contribution in [2.24, 2.45) is 0 Å². The summed E-state index contributed by atoms with van der Waals surface area (Å²) in [6.45, 7) is 2.12. The lowest BCUT2D eigenvalue weighted by molar-refractivity contribution is -0.127. The summed E-state index contributed by atoms with van der Waals surface area (Å²) in [6, 6.07) is 18.8. The molecule has 0 aliphatic carbocycles. The Morgan fingerprint density at radius 2 is 1.86 bits per heavy atom. The molecule has 2 heterocycles. The second-order valence-corrected chi connectivity index (χ2v) is 6.56. The van der Waals surface area contributed by atoms with E-state index in [0.29, 0.717) is 23.8 Å². The van der Waals surface area contributed by atoms with Crippen molar-refractivity contribution < 1.29 is 14.3 Å². The Morgan fingerprint density at radius 3 is 2.68 bits per heavy atom. The van der Waals surface area contributed by atoms with Crippen LogP contribution in [0, 0.1) is 0 Å². The number of aromatic nitrogens is 2. The molecule has 1 aliphatic rings. The van der Waals surface area contributed by atoms with Crippen molar-refractivity contribution in [1.82, 2.24) is 9.78 Å². The van der Waals surface area contributed by atoms with E-state index < -0.39 is 6.10 Å². The first-order valence-corrected chi connectivity index (χ1v) is 9.04. The molecule has 1 unspecified atom stereocenters. The molecule has 1 aliphatic heterocycles. The average Bonchev–Trinajstić information content (AvgIpc) is 3.12. The molecule has 7 heteroatoms. The van der Waals surface area contributed by atoms with Crippen LogP contribution >= 0.6 is 0 Å². The lowest BCUT2D eigenvalue weighted by Crippen LogP contribution is -2.47. The highest BCUT2D eigenvalue weighted by Crippen LogP contribution is 2.33. The second kappa shape index (κ2) is 7.56. The van der Waals surface area contributed by atoms with E-state index in [1.54, 1.807) is 36.0 Å². The van der Waals surface area contributed by atoms with Gasteiger partial charge < -0.3 is 10.1 Å². The SMILES string of the molecule is CC1Oc2ccccc2N(CC(=O)Nc2ccnn2Cc2ccccc2)C1=O. The highest BCUT2D eigenvalue weighted by molar-refractivity contribution is 6.05. The Balaban J connectivity index is 1.48. The Morgan fingerprint density at radius 1 is 1.11 bits per heavy atom. The normalized spacial score (nSPS) is 15.7. The molecule has 1 N–H and O–H groups in total. The third-order valence-corrected chi connectivity index (χ3v) is 4.53. The predicted octanol–water partition coefficient (Wildman–Crippen LogP) is 2.68. The van der Waals surface area contributed by atoms with Gasteiger partial charge >= 0.3 is 0 Å². The minimum absolute atomic E-state index is 0.0972. The third kappa shape index (κ3) is 3.59. The van der Waals surface area contributed by atoms with Crippen LogP contribution in [0.15, 0.2) is 66.9 Å². The van der Waals surface area contributed by atoms with E-state index in [1.807, 2.05) is 42.5 Å². The number of anilines is 2. The molecular formula is C21H20N4O3. The summed E-state index contributed by atoms with van der Waals surface area (Å²) in [5.74, 6) is 0.631. The van der Waals surface area contributed by atoms with E-state index in [2.05, 4.69) is 10.4 Å². The van der Waals surface area contributed by atoms with Gasteiger partial charge in [0.25, 0.3) is 5.91 Å². The number of amides is 2. The average molecular weight is 376 g/mol. The first kappa shape index (κ1) is 17.8. The zero-order valence-corrected chi connectivity index (χ0v) is 15.4. The molecule has 4 rings (SSSR count). The summed E-state index contributed by atoms with van der Waals surface area (Å²) in [5.41, 5.74) is 1.67. The molecule has 0 spiro atoms. The van der Waals surface area contributed by atoms with Crippen molar-refractivity contribution in [3.63, 3.8) is 0 Å². The number of carbonyl (C=O) groups is 2. The largest absolute Gasteiger partial charge is 0.479 e. The number of fused-ring (bicyclic) bond motifs is 1. The molecule has 7 nitrogen and oxygen atoms in total. The van der Waals surface area contributed by atoms with Crippen LogP contribution in [0.3, 0.4) is 0 Å². The molecule has 28 heavy (non-hydrogen) atoms.